The zero-order valence-electron chi connectivity index (χ0n) is 13.8. The summed E-state index contributed by atoms with van der Waals surface area (Å²) in [7, 11) is 0. The van der Waals surface area contributed by atoms with Crippen molar-refractivity contribution in [1.82, 2.24) is 14.5 Å². The van der Waals surface area contributed by atoms with Gasteiger partial charge in [-0.25, -0.2) is 9.97 Å². The molecule has 1 aromatic carbocycles. The fourth-order valence-corrected chi connectivity index (χ4v) is 3.59. The molecule has 0 N–H and O–H groups in total. The highest BCUT2D eigenvalue weighted by atomic mass is 35.5. The first-order valence-corrected chi connectivity index (χ1v) is 9.17. The minimum absolute atomic E-state index is 0.0917. The Morgan fingerprint density at radius 1 is 1.17 bits per heavy atom. The summed E-state index contributed by atoms with van der Waals surface area (Å²) in [6, 6.07) is 9.15. The van der Waals surface area contributed by atoms with Gasteiger partial charge in [-0.3, -0.25) is 9.36 Å². The number of benzene rings is 1. The molecule has 24 heavy (non-hydrogen) atoms. The van der Waals surface area contributed by atoms with E-state index in [1.54, 1.807) is 28.5 Å². The molecule has 0 unspecified atom stereocenters. The smallest absolute Gasteiger partial charge is 0.268 e. The molecule has 3 aromatic rings. The fraction of sp³-hybridized carbons (Fsp3) is 0.278. The van der Waals surface area contributed by atoms with Crippen molar-refractivity contribution in [3.8, 4) is 5.69 Å². The van der Waals surface area contributed by atoms with Gasteiger partial charge in [0.1, 0.15) is 0 Å². The number of hydrogen-bond acceptors (Lipinski definition) is 4. The van der Waals surface area contributed by atoms with Crippen LogP contribution >= 0.6 is 23.4 Å². The molecule has 2 heterocycles. The van der Waals surface area contributed by atoms with Crippen LogP contribution in [0, 0.1) is 13.8 Å². The van der Waals surface area contributed by atoms with Gasteiger partial charge >= 0.3 is 0 Å². The maximum Gasteiger partial charge on any atom is 0.268 e. The molecular formula is C18H18ClN3OS. The first kappa shape index (κ1) is 17.0. The van der Waals surface area contributed by atoms with Crippen LogP contribution in [0.2, 0.25) is 5.02 Å². The molecular weight excluding hydrogens is 342 g/mol. The van der Waals surface area contributed by atoms with Gasteiger partial charge in [0.05, 0.1) is 11.1 Å². The lowest BCUT2D eigenvalue weighted by molar-refractivity contribution is 0.811. The second-order valence-corrected chi connectivity index (χ2v) is 7.14. The number of thioether (sulfide) groups is 1. The van der Waals surface area contributed by atoms with Crippen molar-refractivity contribution in [2.45, 2.75) is 32.3 Å². The summed E-state index contributed by atoms with van der Waals surface area (Å²) < 4.78 is 1.66. The largest absolute Gasteiger partial charge is 0.268 e. The SMILES string of the molecule is CCCSc1nc2nc(C)cc(C)c2c(=O)n1-c1ccc(Cl)cc1. The number of pyridine rings is 1. The number of aromatic nitrogens is 3. The van der Waals surface area contributed by atoms with Crippen LogP contribution in [0.5, 0.6) is 0 Å². The van der Waals surface area contributed by atoms with Gasteiger partial charge in [0, 0.05) is 16.5 Å². The molecule has 0 saturated heterocycles. The van der Waals surface area contributed by atoms with Crippen LogP contribution in [0.15, 0.2) is 40.3 Å². The Morgan fingerprint density at radius 3 is 2.54 bits per heavy atom. The summed E-state index contributed by atoms with van der Waals surface area (Å²) in [4.78, 5) is 22.3. The lowest BCUT2D eigenvalue weighted by atomic mass is 10.2. The van der Waals surface area contributed by atoms with Crippen molar-refractivity contribution >= 4 is 34.4 Å². The molecule has 2 aromatic heterocycles. The summed E-state index contributed by atoms with van der Waals surface area (Å²) >= 11 is 7.55. The first-order chi connectivity index (χ1) is 11.5. The second-order valence-electron chi connectivity index (χ2n) is 5.64. The van der Waals surface area contributed by atoms with Gasteiger partial charge < -0.3 is 0 Å². The fourth-order valence-electron chi connectivity index (χ4n) is 2.61. The average molecular weight is 360 g/mol. The van der Waals surface area contributed by atoms with E-state index in [4.69, 9.17) is 11.6 Å². The van der Waals surface area contributed by atoms with Gasteiger partial charge in [0.25, 0.3) is 5.56 Å². The van der Waals surface area contributed by atoms with Crippen LogP contribution in [0.25, 0.3) is 16.7 Å². The maximum atomic E-state index is 13.2. The molecule has 3 rings (SSSR count). The lowest BCUT2D eigenvalue weighted by Gasteiger charge is -2.14. The Kier molecular flexibility index (Phi) is 4.92. The summed E-state index contributed by atoms with van der Waals surface area (Å²) in [5.74, 6) is 0.885. The molecule has 0 radical (unpaired) electrons. The van der Waals surface area contributed by atoms with Crippen molar-refractivity contribution in [1.29, 1.82) is 0 Å². The Balaban J connectivity index is 2.34. The molecule has 0 amide bonds. The number of halogens is 1. The van der Waals surface area contributed by atoms with Crippen molar-refractivity contribution in [2.75, 3.05) is 5.75 Å². The molecule has 124 valence electrons. The van der Waals surface area contributed by atoms with Gasteiger partial charge in [-0.05, 0) is 56.2 Å². The minimum Gasteiger partial charge on any atom is -0.268 e. The van der Waals surface area contributed by atoms with Crippen molar-refractivity contribution < 1.29 is 0 Å². The van der Waals surface area contributed by atoms with Crippen molar-refractivity contribution in [2.24, 2.45) is 0 Å². The summed E-state index contributed by atoms with van der Waals surface area (Å²) in [6.45, 7) is 5.94. The Bertz CT molecular complexity index is 951. The van der Waals surface area contributed by atoms with Gasteiger partial charge in [-0.15, -0.1) is 0 Å². The van der Waals surface area contributed by atoms with E-state index < -0.39 is 0 Å². The zero-order valence-corrected chi connectivity index (χ0v) is 15.4. The molecule has 6 heteroatoms. The average Bonchev–Trinajstić information content (AvgIpc) is 2.53. The number of rotatable bonds is 4. The number of nitrogens with zero attached hydrogens (tertiary/aromatic N) is 3. The van der Waals surface area contributed by atoms with Crippen LogP contribution in [0.4, 0.5) is 0 Å². The van der Waals surface area contributed by atoms with Crippen LogP contribution in [0.3, 0.4) is 0 Å². The molecule has 0 aliphatic heterocycles. The molecule has 0 fully saturated rings. The van der Waals surface area contributed by atoms with Crippen LogP contribution in [0.1, 0.15) is 24.6 Å². The van der Waals surface area contributed by atoms with Gasteiger partial charge in [0.2, 0.25) is 0 Å². The van der Waals surface area contributed by atoms with Gasteiger partial charge in [-0.1, -0.05) is 30.3 Å². The number of fused-ring (bicyclic) bond motifs is 1. The lowest BCUT2D eigenvalue weighted by Crippen LogP contribution is -2.23. The number of aryl methyl sites for hydroxylation is 2. The van der Waals surface area contributed by atoms with Crippen molar-refractivity contribution in [3.05, 3.63) is 57.0 Å². The Labute approximate surface area is 149 Å². The minimum atomic E-state index is -0.0917. The van der Waals surface area contributed by atoms with E-state index in [2.05, 4.69) is 16.9 Å². The summed E-state index contributed by atoms with van der Waals surface area (Å²) in [6.07, 6.45) is 0.999. The normalized spacial score (nSPS) is 11.2. The molecule has 0 atom stereocenters. The quantitative estimate of drug-likeness (QED) is 0.506. The van der Waals surface area contributed by atoms with E-state index >= 15 is 0 Å². The van der Waals surface area contributed by atoms with Gasteiger partial charge in [-0.2, -0.15) is 0 Å². The van der Waals surface area contributed by atoms with Gasteiger partial charge in [0.15, 0.2) is 10.8 Å². The van der Waals surface area contributed by atoms with Crippen LogP contribution in [-0.4, -0.2) is 20.3 Å². The molecule has 0 aliphatic rings. The molecule has 4 nitrogen and oxygen atoms in total. The van der Waals surface area contributed by atoms with E-state index in [1.807, 2.05) is 32.0 Å². The molecule has 0 bridgehead atoms. The highest BCUT2D eigenvalue weighted by Gasteiger charge is 2.16. The zero-order chi connectivity index (χ0) is 17.3. The molecule has 0 saturated carbocycles. The summed E-state index contributed by atoms with van der Waals surface area (Å²) in [5, 5.41) is 1.86. The third kappa shape index (κ3) is 3.19. The van der Waals surface area contributed by atoms with Crippen LogP contribution < -0.4 is 5.56 Å². The third-order valence-corrected chi connectivity index (χ3v) is 5.05. The Morgan fingerprint density at radius 2 is 1.88 bits per heavy atom. The maximum absolute atomic E-state index is 13.2. The topological polar surface area (TPSA) is 47.8 Å². The third-order valence-electron chi connectivity index (χ3n) is 3.66. The van der Waals surface area contributed by atoms with E-state index in [0.29, 0.717) is 21.2 Å². The van der Waals surface area contributed by atoms with Crippen molar-refractivity contribution in [3.63, 3.8) is 0 Å². The first-order valence-electron chi connectivity index (χ1n) is 7.81. The van der Waals surface area contributed by atoms with E-state index in [-0.39, 0.29) is 5.56 Å². The van der Waals surface area contributed by atoms with E-state index in [9.17, 15) is 4.79 Å². The molecule has 0 spiro atoms. The highest BCUT2D eigenvalue weighted by Crippen LogP contribution is 2.23. The monoisotopic (exact) mass is 359 g/mol. The van der Waals surface area contributed by atoms with E-state index in [1.165, 1.54) is 0 Å². The highest BCUT2D eigenvalue weighted by molar-refractivity contribution is 7.99. The summed E-state index contributed by atoms with van der Waals surface area (Å²) in [5.41, 5.74) is 2.94. The van der Waals surface area contributed by atoms with E-state index in [0.717, 1.165) is 29.1 Å². The second kappa shape index (κ2) is 6.95. The predicted octanol–water partition coefficient (Wildman–Crippen LogP) is 4.55. The predicted molar refractivity (Wildman–Crippen MR) is 101 cm³/mol. The standard InChI is InChI=1S/C18H18ClN3OS/c1-4-9-24-18-21-16-15(11(2)10-12(3)20-16)17(23)22(18)14-7-5-13(19)6-8-14/h5-8,10H,4,9H2,1-3H3. The molecule has 0 aliphatic carbocycles. The Hall–Kier alpha value is -1.85. The number of hydrogen-bond donors (Lipinski definition) is 0. The van der Waals surface area contributed by atoms with Crippen LogP contribution in [-0.2, 0) is 0 Å².